The van der Waals surface area contributed by atoms with Gasteiger partial charge in [-0.1, -0.05) is 6.08 Å². The van der Waals surface area contributed by atoms with Gasteiger partial charge in [0.2, 0.25) is 5.91 Å². The number of carbonyl (C=O) groups excluding carboxylic acids is 1. The third-order valence-electron chi connectivity index (χ3n) is 2.50. The number of benzene rings is 1. The van der Waals surface area contributed by atoms with E-state index < -0.39 is 0 Å². The van der Waals surface area contributed by atoms with Gasteiger partial charge in [-0.3, -0.25) is 4.79 Å². The van der Waals surface area contributed by atoms with Crippen LogP contribution in [0.15, 0.2) is 30.9 Å². The van der Waals surface area contributed by atoms with E-state index in [1.165, 1.54) is 0 Å². The molecule has 0 spiro atoms. The average molecular weight is 264 g/mol. The zero-order valence-electron chi connectivity index (χ0n) is 11.4. The van der Waals surface area contributed by atoms with Gasteiger partial charge >= 0.3 is 0 Å². The molecule has 0 aliphatic rings. The second-order valence-corrected chi connectivity index (χ2v) is 3.86. The second kappa shape index (κ2) is 8.16. The first-order valence-corrected chi connectivity index (χ1v) is 6.04. The quantitative estimate of drug-likeness (QED) is 0.555. The Labute approximate surface area is 113 Å². The number of methoxy groups -OCH3 is 2. The maximum absolute atomic E-state index is 11.8. The Kier molecular flexibility index (Phi) is 6.46. The summed E-state index contributed by atoms with van der Waals surface area (Å²) in [6, 6.07) is 5.26. The SMILES string of the molecule is C=CCNCCC(=O)Nc1cc(OC)ccc1OC. The minimum absolute atomic E-state index is 0.0804. The highest BCUT2D eigenvalue weighted by Gasteiger charge is 2.08. The molecular formula is C14H20N2O3. The van der Waals surface area contributed by atoms with Crippen LogP contribution >= 0.6 is 0 Å². The van der Waals surface area contributed by atoms with Crippen molar-refractivity contribution in [2.24, 2.45) is 0 Å². The minimum Gasteiger partial charge on any atom is -0.497 e. The molecule has 2 N–H and O–H groups in total. The molecule has 0 aromatic heterocycles. The van der Waals surface area contributed by atoms with Crippen LogP contribution in [-0.4, -0.2) is 33.2 Å². The summed E-state index contributed by atoms with van der Waals surface area (Å²) < 4.78 is 10.3. The van der Waals surface area contributed by atoms with Gasteiger partial charge < -0.3 is 20.1 Å². The molecule has 0 saturated heterocycles. The van der Waals surface area contributed by atoms with Crippen LogP contribution in [0.2, 0.25) is 0 Å². The average Bonchev–Trinajstić information content (AvgIpc) is 2.43. The van der Waals surface area contributed by atoms with Gasteiger partial charge in [-0.2, -0.15) is 0 Å². The molecule has 0 atom stereocenters. The normalized spacial score (nSPS) is 9.79. The van der Waals surface area contributed by atoms with Crippen molar-refractivity contribution >= 4 is 11.6 Å². The predicted octanol–water partition coefficient (Wildman–Crippen LogP) is 1.81. The lowest BCUT2D eigenvalue weighted by atomic mass is 10.2. The minimum atomic E-state index is -0.0804. The van der Waals surface area contributed by atoms with Crippen molar-refractivity contribution in [3.05, 3.63) is 30.9 Å². The van der Waals surface area contributed by atoms with Gasteiger partial charge in [0.05, 0.1) is 19.9 Å². The first-order chi connectivity index (χ1) is 9.21. The van der Waals surface area contributed by atoms with Gasteiger partial charge in [-0.05, 0) is 12.1 Å². The van der Waals surface area contributed by atoms with Crippen LogP contribution in [0.3, 0.4) is 0 Å². The zero-order chi connectivity index (χ0) is 14.1. The maximum atomic E-state index is 11.8. The van der Waals surface area contributed by atoms with Gasteiger partial charge in [0, 0.05) is 25.6 Å². The number of carbonyl (C=O) groups is 1. The van der Waals surface area contributed by atoms with E-state index >= 15 is 0 Å². The fourth-order valence-electron chi connectivity index (χ4n) is 1.53. The molecule has 1 amide bonds. The highest BCUT2D eigenvalue weighted by Crippen LogP contribution is 2.28. The molecule has 0 fully saturated rings. The Morgan fingerprint density at radius 2 is 2.16 bits per heavy atom. The summed E-state index contributed by atoms with van der Waals surface area (Å²) in [5.41, 5.74) is 0.607. The van der Waals surface area contributed by atoms with Crippen molar-refractivity contribution in [1.29, 1.82) is 0 Å². The van der Waals surface area contributed by atoms with Gasteiger partial charge in [-0.15, -0.1) is 6.58 Å². The molecule has 5 heteroatoms. The van der Waals surface area contributed by atoms with E-state index in [1.807, 2.05) is 0 Å². The summed E-state index contributed by atoms with van der Waals surface area (Å²) in [7, 11) is 3.13. The number of rotatable bonds is 8. The van der Waals surface area contributed by atoms with E-state index in [9.17, 15) is 4.79 Å². The standard InChI is InChI=1S/C14H20N2O3/c1-4-8-15-9-7-14(17)16-12-10-11(18-2)5-6-13(12)19-3/h4-6,10,15H,1,7-9H2,2-3H3,(H,16,17). The number of amides is 1. The van der Waals surface area contributed by atoms with Crippen molar-refractivity contribution in [2.75, 3.05) is 32.6 Å². The number of hydrogen-bond acceptors (Lipinski definition) is 4. The molecule has 0 heterocycles. The summed E-state index contributed by atoms with van der Waals surface area (Å²) in [6.07, 6.45) is 2.14. The van der Waals surface area contributed by atoms with Crippen molar-refractivity contribution in [3.8, 4) is 11.5 Å². The molecule has 1 aromatic carbocycles. The number of hydrogen-bond donors (Lipinski definition) is 2. The number of nitrogens with one attached hydrogen (secondary N) is 2. The highest BCUT2D eigenvalue weighted by atomic mass is 16.5. The maximum Gasteiger partial charge on any atom is 0.225 e. The van der Waals surface area contributed by atoms with Crippen LogP contribution in [0.4, 0.5) is 5.69 Å². The van der Waals surface area contributed by atoms with Crippen LogP contribution in [0.25, 0.3) is 0 Å². The molecule has 0 unspecified atom stereocenters. The van der Waals surface area contributed by atoms with Crippen LogP contribution in [0.1, 0.15) is 6.42 Å². The predicted molar refractivity (Wildman–Crippen MR) is 75.9 cm³/mol. The van der Waals surface area contributed by atoms with Gasteiger partial charge in [0.15, 0.2) is 0 Å². The van der Waals surface area contributed by atoms with Crippen LogP contribution in [0.5, 0.6) is 11.5 Å². The Balaban J connectivity index is 2.59. The second-order valence-electron chi connectivity index (χ2n) is 3.86. The molecule has 0 bridgehead atoms. The molecule has 0 aliphatic heterocycles. The van der Waals surface area contributed by atoms with Crippen LogP contribution in [0, 0.1) is 0 Å². The highest BCUT2D eigenvalue weighted by molar-refractivity contribution is 5.92. The van der Waals surface area contributed by atoms with Gasteiger partial charge in [0.1, 0.15) is 11.5 Å². The molecule has 0 saturated carbocycles. The fourth-order valence-corrected chi connectivity index (χ4v) is 1.53. The monoisotopic (exact) mass is 264 g/mol. The lowest BCUT2D eigenvalue weighted by Gasteiger charge is -2.11. The number of anilines is 1. The van der Waals surface area contributed by atoms with Crippen molar-refractivity contribution in [2.45, 2.75) is 6.42 Å². The Morgan fingerprint density at radius 3 is 2.79 bits per heavy atom. The van der Waals surface area contributed by atoms with Crippen LogP contribution < -0.4 is 20.1 Å². The molecular weight excluding hydrogens is 244 g/mol. The van der Waals surface area contributed by atoms with E-state index in [4.69, 9.17) is 9.47 Å². The Morgan fingerprint density at radius 1 is 1.37 bits per heavy atom. The number of ether oxygens (including phenoxy) is 2. The van der Waals surface area contributed by atoms with Crippen LogP contribution in [-0.2, 0) is 4.79 Å². The first kappa shape index (κ1) is 15.0. The summed E-state index contributed by atoms with van der Waals surface area (Å²) in [5.74, 6) is 1.19. The molecule has 0 radical (unpaired) electrons. The third-order valence-corrected chi connectivity index (χ3v) is 2.50. The van der Waals surface area contributed by atoms with E-state index in [-0.39, 0.29) is 5.91 Å². The zero-order valence-corrected chi connectivity index (χ0v) is 11.4. The summed E-state index contributed by atoms with van der Waals surface area (Å²) in [4.78, 5) is 11.8. The molecule has 5 nitrogen and oxygen atoms in total. The van der Waals surface area contributed by atoms with Crippen molar-refractivity contribution < 1.29 is 14.3 Å². The lowest BCUT2D eigenvalue weighted by Crippen LogP contribution is -2.21. The Hall–Kier alpha value is -2.01. The van der Waals surface area contributed by atoms with E-state index in [1.54, 1.807) is 38.5 Å². The van der Waals surface area contributed by atoms with E-state index in [2.05, 4.69) is 17.2 Å². The summed E-state index contributed by atoms with van der Waals surface area (Å²) >= 11 is 0. The topological polar surface area (TPSA) is 59.6 Å². The smallest absolute Gasteiger partial charge is 0.225 e. The van der Waals surface area contributed by atoms with Crippen molar-refractivity contribution in [3.63, 3.8) is 0 Å². The third kappa shape index (κ3) is 5.01. The summed E-state index contributed by atoms with van der Waals surface area (Å²) in [5, 5.41) is 5.87. The van der Waals surface area contributed by atoms with E-state index in [0.29, 0.717) is 36.7 Å². The van der Waals surface area contributed by atoms with Gasteiger partial charge in [0.25, 0.3) is 0 Å². The lowest BCUT2D eigenvalue weighted by molar-refractivity contribution is -0.116. The molecule has 1 aromatic rings. The largest absolute Gasteiger partial charge is 0.497 e. The summed E-state index contributed by atoms with van der Waals surface area (Å²) in [6.45, 7) is 4.88. The molecule has 1 rings (SSSR count). The van der Waals surface area contributed by atoms with Crippen molar-refractivity contribution in [1.82, 2.24) is 5.32 Å². The molecule has 0 aliphatic carbocycles. The first-order valence-electron chi connectivity index (χ1n) is 6.04. The fraction of sp³-hybridized carbons (Fsp3) is 0.357. The van der Waals surface area contributed by atoms with E-state index in [0.717, 1.165) is 0 Å². The molecule has 19 heavy (non-hydrogen) atoms. The van der Waals surface area contributed by atoms with Gasteiger partial charge in [-0.25, -0.2) is 0 Å². The Bertz CT molecular complexity index is 433. The molecule has 104 valence electrons.